The molecular weight excluding hydrogens is 328 g/mol. The van der Waals surface area contributed by atoms with Crippen LogP contribution in [0, 0.1) is 5.41 Å². The van der Waals surface area contributed by atoms with Crippen molar-refractivity contribution in [1.29, 1.82) is 0 Å². The first-order valence-corrected chi connectivity index (χ1v) is 8.52. The van der Waals surface area contributed by atoms with E-state index in [1.165, 1.54) is 0 Å². The van der Waals surface area contributed by atoms with E-state index >= 15 is 0 Å². The van der Waals surface area contributed by atoms with Gasteiger partial charge >= 0.3 is 6.03 Å². The number of fused-ring (bicyclic) bond motifs is 1. The maximum absolute atomic E-state index is 12.2. The zero-order valence-corrected chi connectivity index (χ0v) is 15.5. The van der Waals surface area contributed by atoms with Crippen LogP contribution >= 0.6 is 0 Å². The second kappa shape index (κ2) is 8.54. The summed E-state index contributed by atoms with van der Waals surface area (Å²) in [5, 5.41) is 16.2. The van der Waals surface area contributed by atoms with Crippen molar-refractivity contribution in [2.24, 2.45) is 5.41 Å². The van der Waals surface area contributed by atoms with Crippen LogP contribution in [0.15, 0.2) is 60.8 Å². The summed E-state index contributed by atoms with van der Waals surface area (Å²) < 4.78 is 5.55. The van der Waals surface area contributed by atoms with Crippen LogP contribution in [0.2, 0.25) is 0 Å². The molecular formula is C21H26N2O3. The molecule has 0 aliphatic heterocycles. The fourth-order valence-electron chi connectivity index (χ4n) is 2.29. The third kappa shape index (κ3) is 5.10. The maximum Gasteiger partial charge on any atom is 0.323 e. The Bertz CT molecular complexity index is 820. The predicted molar refractivity (Wildman–Crippen MR) is 106 cm³/mol. The highest BCUT2D eigenvalue weighted by Crippen LogP contribution is 2.31. The van der Waals surface area contributed by atoms with Gasteiger partial charge in [-0.1, -0.05) is 51.6 Å². The molecule has 0 saturated carbocycles. The Morgan fingerprint density at radius 2 is 1.88 bits per heavy atom. The number of rotatable bonds is 6. The van der Waals surface area contributed by atoms with Crippen molar-refractivity contribution in [3.05, 3.63) is 60.8 Å². The second-order valence-corrected chi connectivity index (χ2v) is 6.94. The highest BCUT2D eigenvalue weighted by molar-refractivity contribution is 6.04. The van der Waals surface area contributed by atoms with Crippen molar-refractivity contribution in [2.75, 3.05) is 18.5 Å². The smallest absolute Gasteiger partial charge is 0.323 e. The summed E-state index contributed by atoms with van der Waals surface area (Å²) in [6, 6.07) is 10.9. The Kier molecular flexibility index (Phi) is 6.41. The number of urea groups is 1. The van der Waals surface area contributed by atoms with Gasteiger partial charge in [-0.15, -0.1) is 0 Å². The molecule has 2 aromatic carbocycles. The molecule has 26 heavy (non-hydrogen) atoms. The van der Waals surface area contributed by atoms with Crippen LogP contribution in [0.4, 0.5) is 10.5 Å². The molecule has 0 fully saturated rings. The van der Waals surface area contributed by atoms with E-state index in [4.69, 9.17) is 9.84 Å². The quantitative estimate of drug-likeness (QED) is 0.671. The minimum atomic E-state index is -0.336. The molecule has 0 aliphatic rings. The van der Waals surface area contributed by atoms with Gasteiger partial charge in [-0.2, -0.15) is 0 Å². The number of allylic oxidation sites excluding steroid dienone is 2. The molecule has 0 aromatic heterocycles. The Morgan fingerprint density at radius 1 is 1.19 bits per heavy atom. The summed E-state index contributed by atoms with van der Waals surface area (Å²) in [7, 11) is 0. The van der Waals surface area contributed by atoms with Crippen LogP contribution in [0.25, 0.3) is 10.8 Å². The number of nitrogens with one attached hydrogen (secondary N) is 2. The summed E-state index contributed by atoms with van der Waals surface area (Å²) in [5.41, 5.74) is 1.56. The predicted octanol–water partition coefficient (Wildman–Crippen LogP) is 4.45. The summed E-state index contributed by atoms with van der Waals surface area (Å²) in [6.07, 6.45) is 3.38. The van der Waals surface area contributed by atoms with Gasteiger partial charge in [0.15, 0.2) is 0 Å². The highest BCUT2D eigenvalue weighted by Gasteiger charge is 2.12. The van der Waals surface area contributed by atoms with Crippen LogP contribution in [0.3, 0.4) is 0 Å². The first-order valence-electron chi connectivity index (χ1n) is 8.52. The van der Waals surface area contributed by atoms with Gasteiger partial charge in [-0.3, -0.25) is 0 Å². The number of amides is 2. The van der Waals surface area contributed by atoms with E-state index in [-0.39, 0.29) is 24.7 Å². The number of benzene rings is 2. The largest absolute Gasteiger partial charge is 0.491 e. The molecule has 0 heterocycles. The zero-order valence-electron chi connectivity index (χ0n) is 15.5. The third-order valence-electron chi connectivity index (χ3n) is 3.94. The van der Waals surface area contributed by atoms with Crippen LogP contribution in [-0.4, -0.2) is 24.4 Å². The summed E-state index contributed by atoms with van der Waals surface area (Å²) in [4.78, 5) is 12.2. The normalized spacial score (nSPS) is 11.5. The number of anilines is 1. The van der Waals surface area contributed by atoms with Crippen molar-refractivity contribution in [3.8, 4) is 5.75 Å². The van der Waals surface area contributed by atoms with Crippen LogP contribution in [0.5, 0.6) is 5.75 Å². The van der Waals surface area contributed by atoms with Gasteiger partial charge in [-0.05, 0) is 29.2 Å². The topological polar surface area (TPSA) is 70.6 Å². The van der Waals surface area contributed by atoms with Gasteiger partial charge in [-0.25, -0.2) is 4.79 Å². The van der Waals surface area contributed by atoms with E-state index in [9.17, 15) is 4.79 Å². The molecule has 2 amide bonds. The van der Waals surface area contributed by atoms with E-state index < -0.39 is 0 Å². The average Bonchev–Trinajstić information content (AvgIpc) is 2.60. The second-order valence-electron chi connectivity index (χ2n) is 6.94. The standard InChI is InChI=1S/C21H26N2O3/c1-15(21(2,3)4)11-12-22-20(25)23-18-9-10-19(26-14-13-24)17-8-6-5-7-16(17)18/h5-12,24H,1,13-14H2,2-4H3,(H2,22,23,25)/b12-11+. The SMILES string of the molecule is C=C(/C=C/NC(=O)Nc1ccc(OCCO)c2ccccc12)C(C)(C)C. The lowest BCUT2D eigenvalue weighted by Gasteiger charge is -2.18. The lowest BCUT2D eigenvalue weighted by Crippen LogP contribution is -2.24. The molecule has 0 radical (unpaired) electrons. The minimum Gasteiger partial charge on any atom is -0.491 e. The van der Waals surface area contributed by atoms with Gasteiger partial charge in [0.1, 0.15) is 12.4 Å². The van der Waals surface area contributed by atoms with Crippen molar-refractivity contribution in [1.82, 2.24) is 5.32 Å². The first-order chi connectivity index (χ1) is 12.3. The number of ether oxygens (including phenoxy) is 1. The number of hydrogen-bond acceptors (Lipinski definition) is 3. The van der Waals surface area contributed by atoms with E-state index in [1.807, 2.05) is 24.3 Å². The lowest BCUT2D eigenvalue weighted by molar-refractivity contribution is 0.203. The molecule has 0 spiro atoms. The molecule has 5 nitrogen and oxygen atoms in total. The van der Waals surface area contributed by atoms with E-state index in [1.54, 1.807) is 24.4 Å². The van der Waals surface area contributed by atoms with E-state index in [0.717, 1.165) is 16.3 Å². The summed E-state index contributed by atoms with van der Waals surface area (Å²) in [6.45, 7) is 10.3. The molecule has 0 atom stereocenters. The van der Waals surface area contributed by atoms with E-state index in [2.05, 4.69) is 38.0 Å². The van der Waals surface area contributed by atoms with Gasteiger partial charge in [0.25, 0.3) is 0 Å². The molecule has 138 valence electrons. The first kappa shape index (κ1) is 19.5. The van der Waals surface area contributed by atoms with Crippen molar-refractivity contribution in [2.45, 2.75) is 20.8 Å². The van der Waals surface area contributed by atoms with E-state index in [0.29, 0.717) is 11.4 Å². The van der Waals surface area contributed by atoms with Gasteiger partial charge < -0.3 is 20.5 Å². The Morgan fingerprint density at radius 3 is 2.54 bits per heavy atom. The van der Waals surface area contributed by atoms with Crippen molar-refractivity contribution in [3.63, 3.8) is 0 Å². The van der Waals surface area contributed by atoms with Gasteiger partial charge in [0.05, 0.1) is 12.3 Å². The van der Waals surface area contributed by atoms with Gasteiger partial charge in [0.2, 0.25) is 0 Å². The average molecular weight is 354 g/mol. The van der Waals surface area contributed by atoms with Crippen molar-refractivity contribution >= 4 is 22.5 Å². The number of aliphatic hydroxyl groups excluding tert-OH is 1. The number of hydrogen-bond donors (Lipinski definition) is 3. The van der Waals surface area contributed by atoms with Crippen LogP contribution in [0.1, 0.15) is 20.8 Å². The lowest BCUT2D eigenvalue weighted by atomic mass is 9.88. The molecule has 0 aliphatic carbocycles. The number of carbonyl (C=O) groups excluding carboxylic acids is 1. The Balaban J connectivity index is 2.12. The molecule has 2 rings (SSSR count). The molecule has 0 unspecified atom stereocenters. The van der Waals surface area contributed by atoms with Crippen LogP contribution < -0.4 is 15.4 Å². The van der Waals surface area contributed by atoms with Crippen molar-refractivity contribution < 1.29 is 14.6 Å². The monoisotopic (exact) mass is 354 g/mol. The molecule has 3 N–H and O–H groups in total. The highest BCUT2D eigenvalue weighted by atomic mass is 16.5. The third-order valence-corrected chi connectivity index (χ3v) is 3.94. The maximum atomic E-state index is 12.2. The summed E-state index contributed by atoms with van der Waals surface area (Å²) >= 11 is 0. The number of carbonyl (C=O) groups is 1. The fourth-order valence-corrected chi connectivity index (χ4v) is 2.29. The number of aliphatic hydroxyl groups is 1. The molecule has 0 saturated heterocycles. The molecule has 5 heteroatoms. The fraction of sp³-hybridized carbons (Fsp3) is 0.286. The molecule has 0 bridgehead atoms. The Hall–Kier alpha value is -2.79. The Labute approximate surface area is 154 Å². The van der Waals surface area contributed by atoms with Gasteiger partial charge in [0, 0.05) is 17.0 Å². The molecule has 2 aromatic rings. The minimum absolute atomic E-state index is 0.0464. The summed E-state index contributed by atoms with van der Waals surface area (Å²) in [5.74, 6) is 0.669. The van der Waals surface area contributed by atoms with Crippen LogP contribution in [-0.2, 0) is 0 Å². The zero-order chi connectivity index (χ0) is 19.2.